The van der Waals surface area contributed by atoms with E-state index in [0.717, 1.165) is 0 Å². The topological polar surface area (TPSA) is 120 Å². The van der Waals surface area contributed by atoms with Gasteiger partial charge in [-0.2, -0.15) is 0 Å². The minimum atomic E-state index is -0.539. The number of hydrogen-bond acceptors (Lipinski definition) is 6. The molecule has 0 heterocycles. The predicted molar refractivity (Wildman–Crippen MR) is 75.5 cm³/mol. The summed E-state index contributed by atoms with van der Waals surface area (Å²) in [4.78, 5) is 21.5. The third kappa shape index (κ3) is 5.11. The maximum Gasteiger partial charge on any atom is 0.292 e. The maximum atomic E-state index is 11.4. The molecule has 0 aliphatic carbocycles. The van der Waals surface area contributed by atoms with Gasteiger partial charge in [-0.05, 0) is 12.1 Å². The Labute approximate surface area is 116 Å². The molecule has 0 aliphatic rings. The van der Waals surface area contributed by atoms with E-state index in [1.165, 1.54) is 12.1 Å². The van der Waals surface area contributed by atoms with E-state index in [1.54, 1.807) is 13.2 Å². The highest BCUT2D eigenvalue weighted by Gasteiger charge is 2.10. The Hall–Kier alpha value is -2.35. The lowest BCUT2D eigenvalue weighted by atomic mass is 10.2. The van der Waals surface area contributed by atoms with Crippen molar-refractivity contribution in [3.05, 3.63) is 28.3 Å². The Bertz CT molecular complexity index is 479. The van der Waals surface area contributed by atoms with Crippen LogP contribution in [0, 0.1) is 10.1 Å². The molecule has 1 rings (SSSR count). The molecule has 8 nitrogen and oxygen atoms in total. The van der Waals surface area contributed by atoms with Gasteiger partial charge in [0.1, 0.15) is 5.69 Å². The molecular formula is C12H18N4O4. The average Bonchev–Trinajstić information content (AvgIpc) is 2.38. The molecule has 0 saturated carbocycles. The molecule has 4 N–H and O–H groups in total. The zero-order chi connectivity index (χ0) is 15.0. The number of nitrogen functional groups attached to an aromatic ring is 1. The van der Waals surface area contributed by atoms with Gasteiger partial charge in [-0.25, -0.2) is 0 Å². The molecule has 0 aromatic heterocycles. The second-order valence-corrected chi connectivity index (χ2v) is 4.05. The quantitative estimate of drug-likeness (QED) is 0.280. The van der Waals surface area contributed by atoms with Crippen molar-refractivity contribution in [2.45, 2.75) is 6.42 Å². The first-order valence-corrected chi connectivity index (χ1v) is 6.08. The first-order valence-electron chi connectivity index (χ1n) is 6.08. The monoisotopic (exact) mass is 282 g/mol. The number of anilines is 2. The van der Waals surface area contributed by atoms with E-state index < -0.39 is 4.92 Å². The van der Waals surface area contributed by atoms with Gasteiger partial charge in [-0.3, -0.25) is 14.9 Å². The van der Waals surface area contributed by atoms with Crippen LogP contribution in [-0.2, 0) is 9.53 Å². The summed E-state index contributed by atoms with van der Waals surface area (Å²) >= 11 is 0. The summed E-state index contributed by atoms with van der Waals surface area (Å²) in [6.45, 7) is 1.36. The molecule has 1 aromatic carbocycles. The lowest BCUT2D eigenvalue weighted by molar-refractivity contribution is -0.383. The van der Waals surface area contributed by atoms with E-state index in [9.17, 15) is 14.9 Å². The molecule has 1 aromatic rings. The highest BCUT2D eigenvalue weighted by Crippen LogP contribution is 2.24. The largest absolute Gasteiger partial charge is 0.393 e. The number of nitrogens with zero attached hydrogens (tertiary/aromatic N) is 1. The number of benzene rings is 1. The van der Waals surface area contributed by atoms with Crippen LogP contribution in [-0.4, -0.2) is 37.6 Å². The molecule has 0 aliphatic heterocycles. The van der Waals surface area contributed by atoms with Crippen molar-refractivity contribution >= 4 is 23.0 Å². The molecule has 1 amide bonds. The molecule has 0 bridgehead atoms. The van der Waals surface area contributed by atoms with Crippen molar-refractivity contribution in [3.8, 4) is 0 Å². The fraction of sp³-hybridized carbons (Fsp3) is 0.417. The van der Waals surface area contributed by atoms with E-state index in [2.05, 4.69) is 10.6 Å². The SMILES string of the molecule is COCCNC(=O)CCNc1ccc([N+](=O)[O-])c(N)c1. The number of nitrogens with one attached hydrogen (secondary N) is 2. The lowest BCUT2D eigenvalue weighted by Crippen LogP contribution is -2.28. The highest BCUT2D eigenvalue weighted by molar-refractivity contribution is 5.76. The summed E-state index contributed by atoms with van der Waals surface area (Å²) in [5, 5.41) is 16.3. The highest BCUT2D eigenvalue weighted by atomic mass is 16.6. The second-order valence-electron chi connectivity index (χ2n) is 4.05. The number of nitro groups is 1. The Morgan fingerprint density at radius 3 is 2.80 bits per heavy atom. The van der Waals surface area contributed by atoms with Gasteiger partial charge < -0.3 is 21.1 Å². The summed E-state index contributed by atoms with van der Waals surface area (Å²) in [7, 11) is 1.56. The number of methoxy groups -OCH3 is 1. The van der Waals surface area contributed by atoms with Gasteiger partial charge in [-0.15, -0.1) is 0 Å². The number of carbonyl (C=O) groups is 1. The Kier molecular flexibility index (Phi) is 6.24. The van der Waals surface area contributed by atoms with Crippen LogP contribution in [0.4, 0.5) is 17.1 Å². The average molecular weight is 282 g/mol. The van der Waals surface area contributed by atoms with Crippen molar-refractivity contribution in [3.63, 3.8) is 0 Å². The van der Waals surface area contributed by atoms with Crippen molar-refractivity contribution in [1.29, 1.82) is 0 Å². The van der Waals surface area contributed by atoms with Crippen molar-refractivity contribution in [1.82, 2.24) is 5.32 Å². The zero-order valence-corrected chi connectivity index (χ0v) is 11.2. The van der Waals surface area contributed by atoms with Gasteiger partial charge in [0.25, 0.3) is 5.69 Å². The van der Waals surface area contributed by atoms with Gasteiger partial charge >= 0.3 is 0 Å². The number of rotatable bonds is 8. The molecule has 8 heteroatoms. The fourth-order valence-corrected chi connectivity index (χ4v) is 1.53. The standard InChI is InChI=1S/C12H18N4O4/c1-20-7-6-15-12(17)4-5-14-9-2-3-11(16(18)19)10(13)8-9/h2-3,8,14H,4-7,13H2,1H3,(H,15,17). The first-order chi connectivity index (χ1) is 9.54. The van der Waals surface area contributed by atoms with Crippen LogP contribution in [0.3, 0.4) is 0 Å². The van der Waals surface area contributed by atoms with Gasteiger partial charge in [0.15, 0.2) is 0 Å². The Morgan fingerprint density at radius 1 is 1.45 bits per heavy atom. The Morgan fingerprint density at radius 2 is 2.20 bits per heavy atom. The number of amides is 1. The third-order valence-corrected chi connectivity index (χ3v) is 2.53. The van der Waals surface area contributed by atoms with E-state index >= 15 is 0 Å². The molecule has 20 heavy (non-hydrogen) atoms. The van der Waals surface area contributed by atoms with Crippen molar-refractivity contribution in [2.24, 2.45) is 0 Å². The van der Waals surface area contributed by atoms with Crippen LogP contribution in [0.15, 0.2) is 18.2 Å². The number of hydrogen-bond donors (Lipinski definition) is 3. The van der Waals surface area contributed by atoms with Crippen molar-refractivity contribution in [2.75, 3.05) is 37.9 Å². The van der Waals surface area contributed by atoms with Gasteiger partial charge in [-0.1, -0.05) is 0 Å². The van der Waals surface area contributed by atoms with E-state index in [4.69, 9.17) is 10.5 Å². The number of nitrogens with two attached hydrogens (primary N) is 1. The summed E-state index contributed by atoms with van der Waals surface area (Å²) in [6, 6.07) is 4.36. The first kappa shape index (κ1) is 15.7. The molecule has 0 fully saturated rings. The van der Waals surface area contributed by atoms with Crippen LogP contribution < -0.4 is 16.4 Å². The van der Waals surface area contributed by atoms with Crippen LogP contribution in [0.5, 0.6) is 0 Å². The molecule has 110 valence electrons. The van der Waals surface area contributed by atoms with Crippen LogP contribution in [0.25, 0.3) is 0 Å². The molecule has 0 radical (unpaired) electrons. The number of nitro benzene ring substituents is 1. The van der Waals surface area contributed by atoms with E-state index in [-0.39, 0.29) is 17.3 Å². The number of ether oxygens (including phenoxy) is 1. The van der Waals surface area contributed by atoms with Crippen LogP contribution in [0.1, 0.15) is 6.42 Å². The molecule has 0 saturated heterocycles. The minimum Gasteiger partial charge on any atom is -0.393 e. The summed E-state index contributed by atoms with van der Waals surface area (Å²) in [6.07, 6.45) is 0.292. The van der Waals surface area contributed by atoms with E-state index in [1.807, 2.05) is 0 Å². The smallest absolute Gasteiger partial charge is 0.292 e. The second kappa shape index (κ2) is 7.95. The van der Waals surface area contributed by atoms with Crippen LogP contribution >= 0.6 is 0 Å². The molecular weight excluding hydrogens is 264 g/mol. The normalized spacial score (nSPS) is 10.1. The lowest BCUT2D eigenvalue weighted by Gasteiger charge is -2.08. The van der Waals surface area contributed by atoms with E-state index in [0.29, 0.717) is 31.8 Å². The maximum absolute atomic E-state index is 11.4. The molecule has 0 spiro atoms. The van der Waals surface area contributed by atoms with Gasteiger partial charge in [0, 0.05) is 38.4 Å². The summed E-state index contributed by atoms with van der Waals surface area (Å²) in [5.41, 5.74) is 6.15. The zero-order valence-electron chi connectivity index (χ0n) is 11.2. The summed E-state index contributed by atoms with van der Waals surface area (Å²) in [5.74, 6) is -0.0931. The Balaban J connectivity index is 2.37. The molecule has 0 unspecified atom stereocenters. The van der Waals surface area contributed by atoms with Crippen LogP contribution in [0.2, 0.25) is 0 Å². The summed E-state index contributed by atoms with van der Waals surface area (Å²) < 4.78 is 4.81. The molecule has 0 atom stereocenters. The van der Waals surface area contributed by atoms with Gasteiger partial charge in [0.05, 0.1) is 11.5 Å². The minimum absolute atomic E-state index is 0.0875. The fourth-order valence-electron chi connectivity index (χ4n) is 1.53. The third-order valence-electron chi connectivity index (χ3n) is 2.53. The van der Waals surface area contributed by atoms with Crippen molar-refractivity contribution < 1.29 is 14.5 Å². The van der Waals surface area contributed by atoms with Gasteiger partial charge in [0.2, 0.25) is 5.91 Å². The number of carbonyl (C=O) groups excluding carboxylic acids is 1. The predicted octanol–water partition coefficient (Wildman–Crippen LogP) is 0.742.